The maximum absolute atomic E-state index is 14.8. The standard InChI is InChI=1S/C33H27F4N3O3/c1-20-10-14-24(15-11-20)40-32(43)39(29-8-4-3-7-28(29)34)30(38-40)9-5-6-22-12-16-25(21(2)18-22)23-13-17-27(33(35,36)37)26(19-23)31(41)42/h3-4,7-8,10-19H,5-6,9H2,1-2H3,(H,41,42). The lowest BCUT2D eigenvalue weighted by Crippen LogP contribution is -2.24. The van der Waals surface area contributed by atoms with E-state index in [1.807, 2.05) is 31.2 Å². The third-order valence-corrected chi connectivity index (χ3v) is 7.24. The van der Waals surface area contributed by atoms with Crippen molar-refractivity contribution in [2.45, 2.75) is 39.3 Å². The number of benzene rings is 4. The summed E-state index contributed by atoms with van der Waals surface area (Å²) in [6.45, 7) is 3.73. The minimum absolute atomic E-state index is 0.110. The zero-order chi connectivity index (χ0) is 30.9. The van der Waals surface area contributed by atoms with Gasteiger partial charge in [-0.05, 0) is 85.3 Å². The van der Waals surface area contributed by atoms with Gasteiger partial charge in [-0.1, -0.05) is 54.1 Å². The van der Waals surface area contributed by atoms with Gasteiger partial charge in [0.25, 0.3) is 0 Å². The first-order valence-electron chi connectivity index (χ1n) is 13.5. The van der Waals surface area contributed by atoms with E-state index in [-0.39, 0.29) is 5.69 Å². The second kappa shape index (κ2) is 11.7. The minimum Gasteiger partial charge on any atom is -0.478 e. The molecule has 6 nitrogen and oxygen atoms in total. The van der Waals surface area contributed by atoms with Crippen LogP contribution in [0, 0.1) is 19.7 Å². The number of para-hydroxylation sites is 1. The highest BCUT2D eigenvalue weighted by Gasteiger charge is 2.35. The van der Waals surface area contributed by atoms with Crippen LogP contribution in [0.3, 0.4) is 0 Å². The Morgan fingerprint density at radius 2 is 1.63 bits per heavy atom. The van der Waals surface area contributed by atoms with E-state index in [1.54, 1.807) is 37.3 Å². The molecule has 5 aromatic rings. The SMILES string of the molecule is Cc1ccc(-n2nc(CCCc3ccc(-c4ccc(C(F)(F)F)c(C(=O)O)c4)c(C)c3)n(-c3ccccc3F)c2=O)cc1. The van der Waals surface area contributed by atoms with Crippen LogP contribution in [0.1, 0.15) is 44.9 Å². The predicted octanol–water partition coefficient (Wildman–Crippen LogP) is 7.34. The second-order valence-electron chi connectivity index (χ2n) is 10.3. The molecule has 0 spiro atoms. The lowest BCUT2D eigenvalue weighted by Gasteiger charge is -2.14. The molecule has 1 N–H and O–H groups in total. The van der Waals surface area contributed by atoms with Crippen LogP contribution in [0.4, 0.5) is 17.6 Å². The van der Waals surface area contributed by atoms with Crippen molar-refractivity contribution in [1.82, 2.24) is 14.3 Å². The summed E-state index contributed by atoms with van der Waals surface area (Å²) in [6, 6.07) is 21.9. The van der Waals surface area contributed by atoms with Gasteiger partial charge in [-0.25, -0.2) is 18.5 Å². The largest absolute Gasteiger partial charge is 0.478 e. The van der Waals surface area contributed by atoms with Crippen molar-refractivity contribution < 1.29 is 27.5 Å². The van der Waals surface area contributed by atoms with Gasteiger partial charge in [0, 0.05) is 6.42 Å². The van der Waals surface area contributed by atoms with Gasteiger partial charge in [-0.3, -0.25) is 0 Å². The first kappa shape index (κ1) is 29.5. The quantitative estimate of drug-likeness (QED) is 0.192. The van der Waals surface area contributed by atoms with Gasteiger partial charge in [-0.15, -0.1) is 5.10 Å². The van der Waals surface area contributed by atoms with E-state index in [0.717, 1.165) is 28.8 Å². The molecule has 0 aliphatic rings. The van der Waals surface area contributed by atoms with Crippen LogP contribution in [0.5, 0.6) is 0 Å². The van der Waals surface area contributed by atoms with Crippen molar-refractivity contribution >= 4 is 5.97 Å². The number of rotatable bonds is 8. The Bertz CT molecular complexity index is 1870. The van der Waals surface area contributed by atoms with Gasteiger partial charge < -0.3 is 5.11 Å². The predicted molar refractivity (Wildman–Crippen MR) is 154 cm³/mol. The molecule has 0 radical (unpaired) electrons. The highest BCUT2D eigenvalue weighted by molar-refractivity contribution is 5.91. The number of hydrogen-bond donors (Lipinski definition) is 1. The van der Waals surface area contributed by atoms with Crippen LogP contribution < -0.4 is 5.69 Å². The van der Waals surface area contributed by atoms with Gasteiger partial charge in [0.2, 0.25) is 0 Å². The number of aromatic nitrogens is 3. The number of aromatic carboxylic acids is 1. The first-order chi connectivity index (χ1) is 20.4. The fourth-order valence-corrected chi connectivity index (χ4v) is 5.09. The summed E-state index contributed by atoms with van der Waals surface area (Å²) in [5, 5.41) is 13.9. The molecule has 1 aromatic heterocycles. The van der Waals surface area contributed by atoms with E-state index in [9.17, 15) is 32.3 Å². The maximum atomic E-state index is 14.8. The van der Waals surface area contributed by atoms with E-state index in [1.165, 1.54) is 27.4 Å². The molecule has 0 bridgehead atoms. The minimum atomic E-state index is -4.78. The number of aryl methyl sites for hydroxylation is 4. The molecule has 220 valence electrons. The fourth-order valence-electron chi connectivity index (χ4n) is 5.09. The summed E-state index contributed by atoms with van der Waals surface area (Å²) in [7, 11) is 0. The Morgan fingerprint density at radius 3 is 2.28 bits per heavy atom. The molecular formula is C33H27F4N3O3. The average molecular weight is 590 g/mol. The number of carboxylic acids is 1. The van der Waals surface area contributed by atoms with E-state index in [0.29, 0.717) is 41.9 Å². The molecule has 0 unspecified atom stereocenters. The Hall–Kier alpha value is -4.99. The topological polar surface area (TPSA) is 77.1 Å². The molecule has 0 saturated carbocycles. The van der Waals surface area contributed by atoms with Crippen molar-refractivity contribution in [3.63, 3.8) is 0 Å². The number of carbonyl (C=O) groups is 1. The van der Waals surface area contributed by atoms with Crippen molar-refractivity contribution in [1.29, 1.82) is 0 Å². The van der Waals surface area contributed by atoms with Gasteiger partial charge in [-0.2, -0.15) is 17.9 Å². The van der Waals surface area contributed by atoms with E-state index >= 15 is 0 Å². The van der Waals surface area contributed by atoms with Crippen LogP contribution >= 0.6 is 0 Å². The monoisotopic (exact) mass is 589 g/mol. The number of carboxylic acid groups (broad SMARTS) is 1. The average Bonchev–Trinajstić information content (AvgIpc) is 3.28. The smallest absolute Gasteiger partial charge is 0.417 e. The van der Waals surface area contributed by atoms with Crippen LogP contribution in [-0.2, 0) is 19.0 Å². The van der Waals surface area contributed by atoms with E-state index in [4.69, 9.17) is 0 Å². The second-order valence-corrected chi connectivity index (χ2v) is 10.3. The summed E-state index contributed by atoms with van der Waals surface area (Å²) >= 11 is 0. The lowest BCUT2D eigenvalue weighted by atomic mass is 9.94. The molecule has 0 aliphatic heterocycles. The number of alkyl halides is 3. The van der Waals surface area contributed by atoms with Crippen molar-refractivity contribution in [3.05, 3.63) is 135 Å². The van der Waals surface area contributed by atoms with Crippen LogP contribution in [0.25, 0.3) is 22.5 Å². The maximum Gasteiger partial charge on any atom is 0.417 e. The third kappa shape index (κ3) is 6.13. The van der Waals surface area contributed by atoms with Crippen LogP contribution in [-0.4, -0.2) is 25.4 Å². The summed E-state index contributed by atoms with van der Waals surface area (Å²) in [5.41, 5.74) is 1.89. The Morgan fingerprint density at radius 1 is 0.907 bits per heavy atom. The molecule has 10 heteroatoms. The van der Waals surface area contributed by atoms with Crippen molar-refractivity contribution in [2.75, 3.05) is 0 Å². The molecule has 43 heavy (non-hydrogen) atoms. The number of halogens is 4. The molecule has 0 amide bonds. The Balaban J connectivity index is 1.40. The molecule has 0 fully saturated rings. The lowest BCUT2D eigenvalue weighted by molar-refractivity contribution is -0.138. The third-order valence-electron chi connectivity index (χ3n) is 7.24. The van der Waals surface area contributed by atoms with Gasteiger partial charge in [0.05, 0.1) is 22.5 Å². The Kier molecular flexibility index (Phi) is 8.04. The summed E-state index contributed by atoms with van der Waals surface area (Å²) < 4.78 is 57.1. The summed E-state index contributed by atoms with van der Waals surface area (Å²) in [4.78, 5) is 24.9. The zero-order valence-corrected chi connectivity index (χ0v) is 23.3. The van der Waals surface area contributed by atoms with Crippen LogP contribution in [0.2, 0.25) is 0 Å². The Labute approximate surface area is 244 Å². The van der Waals surface area contributed by atoms with Gasteiger partial charge in [0.15, 0.2) is 0 Å². The highest BCUT2D eigenvalue weighted by atomic mass is 19.4. The summed E-state index contributed by atoms with van der Waals surface area (Å²) in [6.07, 6.45) is -3.26. The van der Waals surface area contributed by atoms with Gasteiger partial charge in [0.1, 0.15) is 11.6 Å². The first-order valence-corrected chi connectivity index (χ1v) is 13.5. The molecule has 1 heterocycles. The normalized spacial score (nSPS) is 11.6. The molecule has 0 saturated heterocycles. The fraction of sp³-hybridized carbons (Fsp3) is 0.182. The van der Waals surface area contributed by atoms with Crippen molar-refractivity contribution in [3.8, 4) is 22.5 Å². The van der Waals surface area contributed by atoms with Gasteiger partial charge >= 0.3 is 17.8 Å². The molecule has 0 atom stereocenters. The molecular weight excluding hydrogens is 562 g/mol. The summed E-state index contributed by atoms with van der Waals surface area (Å²) in [5.74, 6) is -1.80. The van der Waals surface area contributed by atoms with E-state index in [2.05, 4.69) is 5.10 Å². The zero-order valence-electron chi connectivity index (χ0n) is 23.3. The number of nitrogens with zero attached hydrogens (tertiary/aromatic N) is 3. The van der Waals surface area contributed by atoms with Crippen molar-refractivity contribution in [2.24, 2.45) is 0 Å². The molecule has 4 aromatic carbocycles. The molecule has 0 aliphatic carbocycles. The van der Waals surface area contributed by atoms with E-state index < -0.39 is 34.8 Å². The molecule has 5 rings (SSSR count). The number of hydrogen-bond acceptors (Lipinski definition) is 3. The highest BCUT2D eigenvalue weighted by Crippen LogP contribution is 2.35. The van der Waals surface area contributed by atoms with Crippen LogP contribution in [0.15, 0.2) is 89.7 Å².